The number of hydrogen-bond acceptors (Lipinski definition) is 3. The number of benzene rings is 9. The van der Waals surface area contributed by atoms with E-state index < -0.39 is 16.1 Å². The maximum atomic E-state index is 5.10. The quantitative estimate of drug-likeness (QED) is 0.130. The van der Waals surface area contributed by atoms with E-state index in [2.05, 4.69) is 224 Å². The fraction of sp³-hybridized carbons (Fsp3) is 0.0702. The summed E-state index contributed by atoms with van der Waals surface area (Å²) in [5.41, 5.74) is 11.9. The Morgan fingerprint density at radius 3 is 1.29 bits per heavy atom. The number of rotatable bonds is 4. The van der Waals surface area contributed by atoms with Gasteiger partial charge in [0.2, 0.25) is 0 Å². The number of fused-ring (bicyclic) bond motifs is 7. The van der Waals surface area contributed by atoms with Gasteiger partial charge in [0.1, 0.15) is 16.1 Å². The van der Waals surface area contributed by atoms with Gasteiger partial charge in [-0.25, -0.2) is 0 Å². The largest absolute Gasteiger partial charge is 0.311 e. The van der Waals surface area contributed by atoms with E-state index in [0.717, 1.165) is 22.6 Å². The zero-order valence-electron chi connectivity index (χ0n) is 35.4. The van der Waals surface area contributed by atoms with Crippen LogP contribution in [0.25, 0.3) is 54.7 Å². The molecule has 0 spiro atoms. The number of anilines is 6. The molecule has 3 nitrogen and oxygen atoms in total. The standard InChI is InChI=1S/C57H45N3Si2/c1-61(2)52-24-11-7-20-48(52)59(49-21-8-12-25-53(49)61)41-31-33-44-45(36-41)56(40-29-28-38-17-5-6-18-39(38)35-40)43-32-30-42(37-46(43)57(44)47-19-15-16-34-58-47)60-50-22-9-13-26-54(50)62(3,4)55-27-14-10-23-51(55)60/h5-37H,1-4H3. The lowest BCUT2D eigenvalue weighted by molar-refractivity contribution is 1.29. The molecule has 3 heterocycles. The monoisotopic (exact) mass is 827 g/mol. The van der Waals surface area contributed by atoms with Gasteiger partial charge in [-0.2, -0.15) is 0 Å². The van der Waals surface area contributed by atoms with Crippen LogP contribution < -0.4 is 30.5 Å². The highest BCUT2D eigenvalue weighted by Crippen LogP contribution is 2.49. The topological polar surface area (TPSA) is 19.4 Å². The molecule has 0 atom stereocenters. The molecule has 62 heavy (non-hydrogen) atoms. The van der Waals surface area contributed by atoms with E-state index in [1.165, 1.54) is 86.9 Å². The molecule has 0 bridgehead atoms. The van der Waals surface area contributed by atoms with Gasteiger partial charge in [0.25, 0.3) is 0 Å². The first kappa shape index (κ1) is 36.8. The number of para-hydroxylation sites is 4. The second-order valence-electron chi connectivity index (χ2n) is 18.0. The Kier molecular flexibility index (Phi) is 8.14. The highest BCUT2D eigenvalue weighted by Gasteiger charge is 2.40. The highest BCUT2D eigenvalue weighted by molar-refractivity contribution is 7.03. The highest BCUT2D eigenvalue weighted by atomic mass is 28.3. The molecule has 9 aromatic carbocycles. The first-order chi connectivity index (χ1) is 30.3. The Hall–Kier alpha value is -7.06. The predicted molar refractivity (Wildman–Crippen MR) is 270 cm³/mol. The van der Waals surface area contributed by atoms with Crippen LogP contribution in [0, 0.1) is 0 Å². The molecule has 10 aromatic rings. The fourth-order valence-electron chi connectivity index (χ4n) is 10.8. The smallest absolute Gasteiger partial charge is 0.117 e. The van der Waals surface area contributed by atoms with E-state index in [-0.39, 0.29) is 0 Å². The van der Waals surface area contributed by atoms with E-state index >= 15 is 0 Å². The second kappa shape index (κ2) is 13.7. The molecule has 0 N–H and O–H groups in total. The summed E-state index contributed by atoms with van der Waals surface area (Å²) < 4.78 is 0. The van der Waals surface area contributed by atoms with Crippen molar-refractivity contribution in [2.75, 3.05) is 9.80 Å². The first-order valence-corrected chi connectivity index (χ1v) is 27.7. The minimum atomic E-state index is -1.96. The molecule has 12 rings (SSSR count). The predicted octanol–water partition coefficient (Wildman–Crippen LogP) is 13.1. The SMILES string of the molecule is C[Si]1(C)c2ccccc2N(c2ccc3c(-c4ccccn4)c4cc(N5c6ccccc6[Si](C)(C)c6ccccc65)ccc4c(-c4ccc5ccccc5c4)c3c2)c2ccccc21. The Bertz CT molecular complexity index is 3350. The van der Waals surface area contributed by atoms with Crippen LogP contribution in [0.2, 0.25) is 26.2 Å². The third-order valence-electron chi connectivity index (χ3n) is 13.8. The van der Waals surface area contributed by atoms with Crippen molar-refractivity contribution in [1.82, 2.24) is 4.98 Å². The van der Waals surface area contributed by atoms with Crippen LogP contribution in [0.3, 0.4) is 0 Å². The Balaban J connectivity index is 1.19. The summed E-state index contributed by atoms with van der Waals surface area (Å²) >= 11 is 0. The lowest BCUT2D eigenvalue weighted by Crippen LogP contribution is -2.58. The minimum absolute atomic E-state index is 0.965. The zero-order chi connectivity index (χ0) is 41.7. The van der Waals surface area contributed by atoms with Crippen LogP contribution >= 0.6 is 0 Å². The molecule has 2 aliphatic rings. The van der Waals surface area contributed by atoms with Crippen molar-refractivity contribution in [2.24, 2.45) is 0 Å². The molecular formula is C57H45N3Si2. The maximum absolute atomic E-state index is 5.10. The van der Waals surface area contributed by atoms with Crippen LogP contribution in [-0.4, -0.2) is 21.1 Å². The molecule has 5 heteroatoms. The van der Waals surface area contributed by atoms with Gasteiger partial charge in [0, 0.05) is 45.9 Å². The number of hydrogen-bond donors (Lipinski definition) is 0. The number of pyridine rings is 1. The van der Waals surface area contributed by atoms with Crippen molar-refractivity contribution >= 4 is 103 Å². The normalized spacial score (nSPS) is 14.6. The molecule has 0 saturated carbocycles. The molecule has 296 valence electrons. The zero-order valence-corrected chi connectivity index (χ0v) is 37.4. The van der Waals surface area contributed by atoms with Crippen molar-refractivity contribution < 1.29 is 0 Å². The van der Waals surface area contributed by atoms with E-state index in [9.17, 15) is 0 Å². The van der Waals surface area contributed by atoms with Gasteiger partial charge in [-0.05, 0) is 131 Å². The van der Waals surface area contributed by atoms with E-state index in [1.54, 1.807) is 0 Å². The van der Waals surface area contributed by atoms with Crippen LogP contribution in [0.15, 0.2) is 200 Å². The summed E-state index contributed by atoms with van der Waals surface area (Å²) in [5.74, 6) is 0. The minimum Gasteiger partial charge on any atom is -0.311 e. The van der Waals surface area contributed by atoms with Crippen molar-refractivity contribution in [2.45, 2.75) is 26.2 Å². The Morgan fingerprint density at radius 2 is 0.790 bits per heavy atom. The lowest BCUT2D eigenvalue weighted by atomic mass is 9.86. The van der Waals surface area contributed by atoms with Gasteiger partial charge in [-0.3, -0.25) is 4.98 Å². The summed E-state index contributed by atoms with van der Waals surface area (Å²) in [6, 6.07) is 72.6. The van der Waals surface area contributed by atoms with Crippen molar-refractivity contribution in [3.63, 3.8) is 0 Å². The molecule has 0 radical (unpaired) electrons. The summed E-state index contributed by atoms with van der Waals surface area (Å²) in [6.07, 6.45) is 1.93. The van der Waals surface area contributed by atoms with Crippen LogP contribution in [0.1, 0.15) is 0 Å². The van der Waals surface area contributed by atoms with Crippen LogP contribution in [0.5, 0.6) is 0 Å². The summed E-state index contributed by atoms with van der Waals surface area (Å²) in [6.45, 7) is 9.96. The van der Waals surface area contributed by atoms with Gasteiger partial charge in [0.05, 0.1) is 5.69 Å². The third-order valence-corrected chi connectivity index (χ3v) is 20.9. The first-order valence-electron chi connectivity index (χ1n) is 21.7. The maximum Gasteiger partial charge on any atom is 0.117 e. The summed E-state index contributed by atoms with van der Waals surface area (Å²) in [5, 5.41) is 13.1. The molecule has 0 aliphatic carbocycles. The van der Waals surface area contributed by atoms with Crippen LogP contribution in [0.4, 0.5) is 34.1 Å². The van der Waals surface area contributed by atoms with E-state index in [1.807, 2.05) is 12.3 Å². The lowest BCUT2D eigenvalue weighted by Gasteiger charge is -2.41. The molecule has 0 saturated heterocycles. The van der Waals surface area contributed by atoms with Crippen molar-refractivity contribution in [1.29, 1.82) is 0 Å². The average molecular weight is 828 g/mol. The molecule has 0 fully saturated rings. The summed E-state index contributed by atoms with van der Waals surface area (Å²) in [4.78, 5) is 10.1. The van der Waals surface area contributed by atoms with E-state index in [0.29, 0.717) is 0 Å². The molecule has 0 unspecified atom stereocenters. The molecule has 0 amide bonds. The number of nitrogens with zero attached hydrogens (tertiary/aromatic N) is 3. The second-order valence-corrected chi connectivity index (χ2v) is 26.6. The summed E-state index contributed by atoms with van der Waals surface area (Å²) in [7, 11) is -3.92. The van der Waals surface area contributed by atoms with Gasteiger partial charge < -0.3 is 9.80 Å². The Morgan fingerprint density at radius 1 is 0.355 bits per heavy atom. The Labute approximate surface area is 365 Å². The van der Waals surface area contributed by atoms with E-state index in [4.69, 9.17) is 4.98 Å². The molecule has 1 aromatic heterocycles. The number of aromatic nitrogens is 1. The van der Waals surface area contributed by atoms with Crippen LogP contribution in [-0.2, 0) is 0 Å². The van der Waals surface area contributed by atoms with Gasteiger partial charge in [-0.1, -0.05) is 154 Å². The molecular weight excluding hydrogens is 783 g/mol. The fourth-order valence-corrected chi connectivity index (χ4v) is 16.8. The average Bonchev–Trinajstić information content (AvgIpc) is 3.31. The van der Waals surface area contributed by atoms with Gasteiger partial charge in [0.15, 0.2) is 0 Å². The van der Waals surface area contributed by atoms with Gasteiger partial charge in [-0.15, -0.1) is 0 Å². The van der Waals surface area contributed by atoms with Crippen molar-refractivity contribution in [3.8, 4) is 22.4 Å². The van der Waals surface area contributed by atoms with Gasteiger partial charge >= 0.3 is 0 Å². The van der Waals surface area contributed by atoms with Crippen molar-refractivity contribution in [3.05, 3.63) is 200 Å². The third kappa shape index (κ3) is 5.38. The molecule has 2 aliphatic heterocycles.